The quantitative estimate of drug-likeness (QED) is 0.0666. The topological polar surface area (TPSA) is 335 Å². The lowest BCUT2D eigenvalue weighted by atomic mass is 9.92. The number of ketones is 2. The lowest BCUT2D eigenvalue weighted by Crippen LogP contribution is -2.40. The largest absolute Gasteiger partial charge is 0.481 e. The van der Waals surface area contributed by atoms with E-state index in [-0.39, 0.29) is 86.4 Å². The molecule has 0 bridgehead atoms. The van der Waals surface area contributed by atoms with Crippen LogP contribution in [0.5, 0.6) is 0 Å². The smallest absolute Gasteiger partial charge is 0.326 e. The van der Waals surface area contributed by atoms with Crippen LogP contribution in [0, 0.1) is 25.7 Å². The van der Waals surface area contributed by atoms with E-state index in [1.165, 1.54) is 36.5 Å². The number of H-pyrrole nitrogens is 2. The van der Waals surface area contributed by atoms with Crippen LogP contribution in [0.15, 0.2) is 21.7 Å². The van der Waals surface area contributed by atoms with Crippen molar-refractivity contribution < 1.29 is 39.0 Å². The maximum Gasteiger partial charge on any atom is 0.326 e. The van der Waals surface area contributed by atoms with Crippen LogP contribution in [0.25, 0.3) is 0 Å². The number of carbonyl (C=O) groups is 6. The number of hydrogen-bond acceptors (Lipinski definition) is 16. The minimum atomic E-state index is -1.27. The normalized spacial score (nSPS) is 15.5. The summed E-state index contributed by atoms with van der Waals surface area (Å²) < 4.78 is 0. The minimum absolute atomic E-state index is 0. The maximum absolute atomic E-state index is 12.7. The zero-order valence-corrected chi connectivity index (χ0v) is 37.6. The van der Waals surface area contributed by atoms with Gasteiger partial charge in [-0.3, -0.25) is 38.7 Å². The summed E-state index contributed by atoms with van der Waals surface area (Å²) in [6.07, 6.45) is 4.35. The number of fused-ring (bicyclic) bond motifs is 2. The lowest BCUT2D eigenvalue weighted by molar-refractivity contribution is -0.140. The van der Waals surface area contributed by atoms with E-state index < -0.39 is 29.9 Å². The Labute approximate surface area is 390 Å². The van der Waals surface area contributed by atoms with Crippen molar-refractivity contribution in [3.8, 4) is 0 Å². The van der Waals surface area contributed by atoms with Gasteiger partial charge in [0.2, 0.25) is 11.9 Å². The molecule has 6 rings (SSSR count). The van der Waals surface area contributed by atoms with Crippen LogP contribution in [0.3, 0.4) is 0 Å². The number of aromatic amines is 2. The van der Waals surface area contributed by atoms with Gasteiger partial charge in [-0.25, -0.2) is 4.79 Å². The first-order valence-electron chi connectivity index (χ1n) is 20.8. The Hall–Kier alpha value is -6.42. The van der Waals surface area contributed by atoms with E-state index in [1.54, 1.807) is 6.07 Å². The average Bonchev–Trinajstić information content (AvgIpc) is 3.80. The highest BCUT2D eigenvalue weighted by atomic mass is 32.1. The highest BCUT2D eigenvalue weighted by Gasteiger charge is 2.27. The molecule has 2 aliphatic heterocycles. The first-order chi connectivity index (χ1) is 30.3. The zero-order valence-electron chi connectivity index (χ0n) is 36.0. The van der Waals surface area contributed by atoms with Gasteiger partial charge in [0, 0.05) is 35.7 Å². The van der Waals surface area contributed by atoms with E-state index in [2.05, 4.69) is 41.2 Å². The number of Topliss-reactive ketones (excluding diaryl/α,β-unsaturated/α-hetero) is 2. The van der Waals surface area contributed by atoms with E-state index in [1.807, 2.05) is 19.9 Å². The Morgan fingerprint density at radius 1 is 0.727 bits per heavy atom. The zero-order chi connectivity index (χ0) is 46.8. The molecule has 22 heteroatoms. The number of anilines is 4. The van der Waals surface area contributed by atoms with Gasteiger partial charge >= 0.3 is 11.9 Å². The molecule has 20 nitrogen and oxygen atoms in total. The molecule has 0 radical (unpaired) electrons. The number of nitrogens with zero attached hydrogens (tertiary/aromatic N) is 2. The van der Waals surface area contributed by atoms with Gasteiger partial charge < -0.3 is 47.7 Å². The van der Waals surface area contributed by atoms with Crippen LogP contribution in [-0.4, -0.2) is 90.6 Å². The number of thiophene rings is 2. The second-order valence-corrected chi connectivity index (χ2v) is 18.4. The molecule has 0 saturated heterocycles. The van der Waals surface area contributed by atoms with Crippen LogP contribution in [-0.2, 0) is 44.9 Å². The van der Waals surface area contributed by atoms with Crippen LogP contribution >= 0.6 is 22.7 Å². The molecule has 4 aromatic heterocycles. The Kier molecular flexibility index (Phi) is 19.8. The predicted molar refractivity (Wildman–Crippen MR) is 256 cm³/mol. The van der Waals surface area contributed by atoms with Crippen LogP contribution < -0.4 is 43.9 Å². The lowest BCUT2D eigenvalue weighted by Gasteiger charge is -2.24. The van der Waals surface area contributed by atoms with Crippen molar-refractivity contribution in [2.24, 2.45) is 11.8 Å². The fourth-order valence-electron chi connectivity index (χ4n) is 7.45. The molecule has 0 aromatic carbocycles. The number of hydrogen-bond donors (Lipinski definition) is 10. The molecule has 0 saturated carbocycles. The van der Waals surface area contributed by atoms with E-state index in [4.69, 9.17) is 16.6 Å². The number of carboxylic acid groups (broad SMARTS) is 2. The van der Waals surface area contributed by atoms with Gasteiger partial charge in [-0.05, 0) is 114 Å². The molecule has 0 fully saturated rings. The first-order valence-corrected chi connectivity index (χ1v) is 22.4. The van der Waals surface area contributed by atoms with Crippen molar-refractivity contribution in [2.45, 2.75) is 119 Å². The summed E-state index contributed by atoms with van der Waals surface area (Å²) in [6, 6.07) is 1.62. The third kappa shape index (κ3) is 14.8. The molecule has 6 heterocycles. The SMILES string of the molecule is C.C.CC(=O)CC[C@H](NC(=O)c1cc(C)c(CC[C@@H]2CNc3nc(N)[nH]c(=O)c3C2)s1)C(C)=O.Cc1cc(C(=O)N[C@@H](CCC(=O)O)C(=O)O)sc1CC[C@@H]1CNc2nc(N)[nH]c(=O)c2C1. The Balaban J connectivity index is 0.000000340. The average molecular weight is 955 g/mol. The van der Waals surface area contributed by atoms with Gasteiger partial charge in [-0.15, -0.1) is 22.7 Å². The number of aryl methyl sites for hydroxylation is 4. The van der Waals surface area contributed by atoms with E-state index in [0.29, 0.717) is 71.3 Å². The summed E-state index contributed by atoms with van der Waals surface area (Å²) in [5.74, 6) is -1.68. The second kappa shape index (κ2) is 24.2. The van der Waals surface area contributed by atoms with Gasteiger partial charge in [-0.1, -0.05) is 14.9 Å². The number of nitrogens with two attached hydrogens (primary N) is 2. The van der Waals surface area contributed by atoms with Crippen molar-refractivity contribution in [2.75, 3.05) is 35.2 Å². The van der Waals surface area contributed by atoms with Crippen molar-refractivity contribution in [1.82, 2.24) is 30.6 Å². The molecule has 0 unspecified atom stereocenters. The molecule has 2 aliphatic rings. The second-order valence-electron chi connectivity index (χ2n) is 16.1. The molecule has 0 aliphatic carbocycles. The number of rotatable bonds is 18. The first kappa shape index (κ1) is 53.9. The summed E-state index contributed by atoms with van der Waals surface area (Å²) in [6.45, 7) is 8.10. The van der Waals surface area contributed by atoms with Gasteiger partial charge in [0.25, 0.3) is 22.9 Å². The molecule has 4 atom stereocenters. The summed E-state index contributed by atoms with van der Waals surface area (Å²) in [5, 5.41) is 29.5. The summed E-state index contributed by atoms with van der Waals surface area (Å²) in [7, 11) is 0. The predicted octanol–water partition coefficient (Wildman–Crippen LogP) is 4.25. The highest BCUT2D eigenvalue weighted by molar-refractivity contribution is 7.14. The van der Waals surface area contributed by atoms with E-state index in [9.17, 15) is 43.5 Å². The van der Waals surface area contributed by atoms with Crippen LogP contribution in [0.4, 0.5) is 23.5 Å². The van der Waals surface area contributed by atoms with Gasteiger partial charge in [0.05, 0.1) is 26.9 Å². The van der Waals surface area contributed by atoms with Crippen LogP contribution in [0.1, 0.15) is 119 Å². The molecule has 12 N–H and O–H groups in total. The molecule has 66 heavy (non-hydrogen) atoms. The van der Waals surface area contributed by atoms with Gasteiger partial charge in [0.15, 0.2) is 5.78 Å². The number of amides is 2. The van der Waals surface area contributed by atoms with Crippen molar-refractivity contribution in [3.63, 3.8) is 0 Å². The maximum atomic E-state index is 12.7. The fourth-order valence-corrected chi connectivity index (χ4v) is 9.64. The number of aliphatic carboxylic acids is 2. The fraction of sp³-hybridized carbons (Fsp3) is 0.500. The van der Waals surface area contributed by atoms with Gasteiger partial charge in [0.1, 0.15) is 23.5 Å². The number of carboxylic acids is 2. The summed E-state index contributed by atoms with van der Waals surface area (Å²) in [5.41, 5.74) is 13.9. The third-order valence-electron chi connectivity index (χ3n) is 11.0. The molecular weight excluding hydrogens is 893 g/mol. The third-order valence-corrected chi connectivity index (χ3v) is 13.6. The van der Waals surface area contributed by atoms with E-state index >= 15 is 0 Å². The number of nitrogen functional groups attached to an aromatic ring is 2. The minimum Gasteiger partial charge on any atom is -0.481 e. The standard InChI is InChI=1S/C22H29N5O4S.C20H25N5O6S.2CH4/c1-11-8-18(21(31)25-16(13(3)29)6-4-12(2)28)32-17(11)7-5-14-9-15-19(24-10-14)26-22(23)27-20(15)30;1-9-6-14(18(29)23-12(19(30)31)3-5-15(26)27)32-13(9)4-2-10-7-11-16(22-8-10)24-20(21)25-17(11)28;;/h8,14,16H,4-7,9-10H2,1-3H3,(H,25,31)(H4,23,24,26,27,30);6,10,12H,2-5,7-8H2,1H3,(H,23,29)(H,26,27)(H,30,31)(H4,21,22,24,25,28);2*1H4/t14-,16-;10-,12-;;/m00../s1. The Morgan fingerprint density at radius 2 is 1.15 bits per heavy atom. The van der Waals surface area contributed by atoms with E-state index in [0.717, 1.165) is 40.1 Å². The van der Waals surface area contributed by atoms with Crippen molar-refractivity contribution in [1.29, 1.82) is 0 Å². The number of nitrogens with one attached hydrogen (secondary N) is 6. The van der Waals surface area contributed by atoms with Crippen molar-refractivity contribution in [3.05, 3.63) is 74.6 Å². The monoisotopic (exact) mass is 954 g/mol. The molecular formula is C44H62N10O10S2. The van der Waals surface area contributed by atoms with Crippen LogP contribution in [0.2, 0.25) is 0 Å². The Morgan fingerprint density at radius 3 is 1.55 bits per heavy atom. The number of aromatic nitrogens is 4. The van der Waals surface area contributed by atoms with Gasteiger partial charge in [-0.2, -0.15) is 9.97 Å². The summed E-state index contributed by atoms with van der Waals surface area (Å²) >= 11 is 2.70. The number of carbonyl (C=O) groups excluding carboxylic acids is 4. The molecule has 4 aromatic rings. The summed E-state index contributed by atoms with van der Waals surface area (Å²) in [4.78, 5) is 111. The molecule has 360 valence electrons. The van der Waals surface area contributed by atoms with Crippen molar-refractivity contribution >= 4 is 81.5 Å². The Bertz CT molecular complexity index is 2360. The molecule has 0 spiro atoms. The highest BCUT2D eigenvalue weighted by Crippen LogP contribution is 2.30. The molecule has 2 amide bonds.